The van der Waals surface area contributed by atoms with Crippen molar-refractivity contribution in [3.63, 3.8) is 0 Å². The van der Waals surface area contributed by atoms with E-state index in [2.05, 4.69) is 17.0 Å². The van der Waals surface area contributed by atoms with Gasteiger partial charge in [-0.1, -0.05) is 42.5 Å². The summed E-state index contributed by atoms with van der Waals surface area (Å²) in [5, 5.41) is 0. The fraction of sp³-hybridized carbons (Fsp3) is 0.429. The molecular formula is C21H28N2O3S. The fourth-order valence-corrected chi connectivity index (χ4v) is 4.67. The molecule has 3 rings (SSSR count). The maximum atomic E-state index is 13.0. The van der Waals surface area contributed by atoms with E-state index >= 15 is 0 Å². The first kappa shape index (κ1) is 20.0. The van der Waals surface area contributed by atoms with E-state index in [9.17, 15) is 8.42 Å². The second-order valence-corrected chi connectivity index (χ2v) is 9.11. The van der Waals surface area contributed by atoms with Gasteiger partial charge in [0.1, 0.15) is 0 Å². The molecule has 27 heavy (non-hydrogen) atoms. The van der Waals surface area contributed by atoms with E-state index in [0.29, 0.717) is 24.6 Å². The lowest BCUT2D eigenvalue weighted by Crippen LogP contribution is -2.48. The van der Waals surface area contributed by atoms with Crippen LogP contribution >= 0.6 is 0 Å². The number of rotatable bonds is 7. The SMILES string of the molecule is CC(C)OCc1cccc(S(=O)(=O)N2CCN(Cc3ccccc3)CC2)c1. The summed E-state index contributed by atoms with van der Waals surface area (Å²) >= 11 is 0. The van der Waals surface area contributed by atoms with Gasteiger partial charge >= 0.3 is 0 Å². The Morgan fingerprint density at radius 3 is 2.26 bits per heavy atom. The van der Waals surface area contributed by atoms with Gasteiger partial charge in [0.25, 0.3) is 0 Å². The number of piperazine rings is 1. The van der Waals surface area contributed by atoms with Crippen molar-refractivity contribution in [2.75, 3.05) is 26.2 Å². The molecule has 1 aliphatic rings. The molecule has 0 spiro atoms. The van der Waals surface area contributed by atoms with Crippen LogP contribution in [-0.2, 0) is 27.9 Å². The molecule has 0 unspecified atom stereocenters. The van der Waals surface area contributed by atoms with Crippen LogP contribution < -0.4 is 0 Å². The van der Waals surface area contributed by atoms with E-state index in [4.69, 9.17) is 4.74 Å². The quantitative estimate of drug-likeness (QED) is 0.731. The van der Waals surface area contributed by atoms with Crippen LogP contribution in [0.15, 0.2) is 59.5 Å². The second kappa shape index (κ2) is 8.97. The molecule has 5 nitrogen and oxygen atoms in total. The minimum atomic E-state index is -3.47. The van der Waals surface area contributed by atoms with E-state index in [1.54, 1.807) is 22.5 Å². The number of hydrogen-bond acceptors (Lipinski definition) is 4. The molecule has 2 aromatic carbocycles. The summed E-state index contributed by atoms with van der Waals surface area (Å²) < 4.78 is 33.2. The Balaban J connectivity index is 1.62. The van der Waals surface area contributed by atoms with Crippen LogP contribution in [0.5, 0.6) is 0 Å². The zero-order valence-electron chi connectivity index (χ0n) is 16.0. The van der Waals surface area contributed by atoms with Gasteiger partial charge in [-0.25, -0.2) is 8.42 Å². The highest BCUT2D eigenvalue weighted by Gasteiger charge is 2.28. The zero-order valence-corrected chi connectivity index (χ0v) is 16.9. The van der Waals surface area contributed by atoms with Crippen LogP contribution in [0.25, 0.3) is 0 Å². The van der Waals surface area contributed by atoms with E-state index in [0.717, 1.165) is 25.2 Å². The third-order valence-electron chi connectivity index (χ3n) is 4.70. The number of sulfonamides is 1. The van der Waals surface area contributed by atoms with Crippen LogP contribution in [0.3, 0.4) is 0 Å². The van der Waals surface area contributed by atoms with Gasteiger partial charge in [0.2, 0.25) is 10.0 Å². The highest BCUT2D eigenvalue weighted by atomic mass is 32.2. The predicted molar refractivity (Wildman–Crippen MR) is 107 cm³/mol. The first-order chi connectivity index (χ1) is 12.9. The van der Waals surface area contributed by atoms with Crippen molar-refractivity contribution in [2.45, 2.75) is 38.0 Å². The van der Waals surface area contributed by atoms with Crippen molar-refractivity contribution in [1.29, 1.82) is 0 Å². The van der Waals surface area contributed by atoms with Gasteiger partial charge in [0.05, 0.1) is 17.6 Å². The Labute approximate surface area is 162 Å². The maximum Gasteiger partial charge on any atom is 0.243 e. The van der Waals surface area contributed by atoms with Gasteiger partial charge in [-0.05, 0) is 37.1 Å². The summed E-state index contributed by atoms with van der Waals surface area (Å²) in [6.07, 6.45) is 0.114. The van der Waals surface area contributed by atoms with Crippen molar-refractivity contribution < 1.29 is 13.2 Å². The van der Waals surface area contributed by atoms with Crippen LogP contribution in [0.4, 0.5) is 0 Å². The Morgan fingerprint density at radius 2 is 1.59 bits per heavy atom. The average molecular weight is 389 g/mol. The molecule has 1 aliphatic heterocycles. The molecule has 0 atom stereocenters. The summed E-state index contributed by atoms with van der Waals surface area (Å²) in [7, 11) is -3.47. The molecule has 1 heterocycles. The largest absolute Gasteiger partial charge is 0.374 e. The molecular weight excluding hydrogens is 360 g/mol. The fourth-order valence-electron chi connectivity index (χ4n) is 3.18. The molecule has 0 bridgehead atoms. The van der Waals surface area contributed by atoms with Crippen molar-refractivity contribution in [1.82, 2.24) is 9.21 Å². The minimum Gasteiger partial charge on any atom is -0.374 e. The van der Waals surface area contributed by atoms with Crippen LogP contribution in [0, 0.1) is 0 Å². The molecule has 146 valence electrons. The van der Waals surface area contributed by atoms with Crippen molar-refractivity contribution in [3.05, 3.63) is 65.7 Å². The van der Waals surface area contributed by atoms with Crippen LogP contribution in [0.2, 0.25) is 0 Å². The van der Waals surface area contributed by atoms with Crippen LogP contribution in [-0.4, -0.2) is 49.9 Å². The molecule has 6 heteroatoms. The summed E-state index contributed by atoms with van der Waals surface area (Å²) in [6, 6.07) is 17.4. The van der Waals surface area contributed by atoms with E-state index in [1.165, 1.54) is 5.56 Å². The molecule has 2 aromatic rings. The number of hydrogen-bond donors (Lipinski definition) is 0. The molecule has 1 fully saturated rings. The van der Waals surface area contributed by atoms with Gasteiger partial charge in [0.15, 0.2) is 0 Å². The lowest BCUT2D eigenvalue weighted by Gasteiger charge is -2.34. The molecule has 0 N–H and O–H groups in total. The van der Waals surface area contributed by atoms with Gasteiger partial charge in [-0.3, -0.25) is 4.90 Å². The smallest absolute Gasteiger partial charge is 0.243 e. The van der Waals surface area contributed by atoms with Crippen molar-refractivity contribution >= 4 is 10.0 Å². The number of benzene rings is 2. The average Bonchev–Trinajstić information content (AvgIpc) is 2.68. The summed E-state index contributed by atoms with van der Waals surface area (Å²) in [6.45, 7) is 7.73. The van der Waals surface area contributed by atoms with Crippen LogP contribution in [0.1, 0.15) is 25.0 Å². The highest BCUT2D eigenvalue weighted by Crippen LogP contribution is 2.20. The minimum absolute atomic E-state index is 0.114. The Morgan fingerprint density at radius 1 is 0.926 bits per heavy atom. The third kappa shape index (κ3) is 5.39. The molecule has 1 saturated heterocycles. The monoisotopic (exact) mass is 388 g/mol. The Kier molecular flexibility index (Phi) is 6.65. The third-order valence-corrected chi connectivity index (χ3v) is 6.59. The molecule has 0 radical (unpaired) electrons. The highest BCUT2D eigenvalue weighted by molar-refractivity contribution is 7.89. The van der Waals surface area contributed by atoms with Gasteiger partial charge in [-0.15, -0.1) is 0 Å². The summed E-state index contributed by atoms with van der Waals surface area (Å²) in [5.74, 6) is 0. The topological polar surface area (TPSA) is 49.9 Å². The molecule has 0 saturated carbocycles. The van der Waals surface area contributed by atoms with Gasteiger partial charge in [0, 0.05) is 32.7 Å². The van der Waals surface area contributed by atoms with Gasteiger partial charge < -0.3 is 4.74 Å². The predicted octanol–water partition coefficient (Wildman–Crippen LogP) is 3.12. The van der Waals surface area contributed by atoms with Crippen molar-refractivity contribution in [2.24, 2.45) is 0 Å². The normalized spacial score (nSPS) is 16.7. The first-order valence-electron chi connectivity index (χ1n) is 9.42. The number of ether oxygens (including phenoxy) is 1. The lowest BCUT2D eigenvalue weighted by atomic mass is 10.2. The van der Waals surface area contributed by atoms with E-state index in [-0.39, 0.29) is 6.10 Å². The van der Waals surface area contributed by atoms with Gasteiger partial charge in [-0.2, -0.15) is 4.31 Å². The molecule has 0 amide bonds. The molecule has 0 aliphatic carbocycles. The maximum absolute atomic E-state index is 13.0. The van der Waals surface area contributed by atoms with Crippen molar-refractivity contribution in [3.8, 4) is 0 Å². The standard InChI is InChI=1S/C21H28N2O3S/c1-18(2)26-17-20-9-6-10-21(15-20)27(24,25)23-13-11-22(12-14-23)16-19-7-4-3-5-8-19/h3-10,15,18H,11-14,16-17H2,1-2H3. The zero-order chi connectivity index (χ0) is 19.3. The lowest BCUT2D eigenvalue weighted by molar-refractivity contribution is 0.0656. The second-order valence-electron chi connectivity index (χ2n) is 7.17. The van der Waals surface area contributed by atoms with E-state index < -0.39 is 10.0 Å². The van der Waals surface area contributed by atoms with E-state index in [1.807, 2.05) is 38.1 Å². The first-order valence-corrected chi connectivity index (χ1v) is 10.9. The molecule has 0 aromatic heterocycles. The Bertz CT molecular complexity index is 830. The summed E-state index contributed by atoms with van der Waals surface area (Å²) in [5.41, 5.74) is 2.14. The summed E-state index contributed by atoms with van der Waals surface area (Å²) in [4.78, 5) is 2.65. The number of nitrogens with zero attached hydrogens (tertiary/aromatic N) is 2. The Hall–Kier alpha value is -1.73.